The summed E-state index contributed by atoms with van der Waals surface area (Å²) in [5, 5.41) is 12.4. The Bertz CT molecular complexity index is 443. The van der Waals surface area contributed by atoms with Crippen LogP contribution in [0.3, 0.4) is 0 Å². The van der Waals surface area contributed by atoms with Crippen molar-refractivity contribution < 1.29 is 14.3 Å². The first kappa shape index (κ1) is 12.8. The number of benzene rings is 1. The Kier molecular flexibility index (Phi) is 3.81. The van der Waals surface area contributed by atoms with Gasteiger partial charge in [-0.25, -0.2) is 4.39 Å². The first-order valence-corrected chi connectivity index (χ1v) is 6.04. The van der Waals surface area contributed by atoms with E-state index in [1.807, 2.05) is 7.05 Å². The fraction of sp³-hybridized carbons (Fsp3) is 0.462. The van der Waals surface area contributed by atoms with Crippen LogP contribution in [0.25, 0.3) is 0 Å². The van der Waals surface area contributed by atoms with Crippen molar-refractivity contribution in [2.75, 3.05) is 20.1 Å². The van der Waals surface area contributed by atoms with Gasteiger partial charge in [0.25, 0.3) is 5.91 Å². The molecule has 1 aromatic carbocycles. The Morgan fingerprint density at radius 3 is 2.78 bits per heavy atom. The molecule has 5 heteroatoms. The van der Waals surface area contributed by atoms with Crippen LogP contribution in [0, 0.1) is 5.82 Å². The van der Waals surface area contributed by atoms with E-state index in [9.17, 15) is 14.3 Å². The van der Waals surface area contributed by atoms with Gasteiger partial charge in [0, 0.05) is 6.04 Å². The molecule has 1 heterocycles. The van der Waals surface area contributed by atoms with E-state index in [1.54, 1.807) is 0 Å². The van der Waals surface area contributed by atoms with Gasteiger partial charge in [0.2, 0.25) is 0 Å². The SMILES string of the molecule is CN1CCC(NC(=O)c2cc(F)ccc2O)CC1. The molecule has 0 atom stereocenters. The number of hydrogen-bond donors (Lipinski definition) is 2. The van der Waals surface area contributed by atoms with Gasteiger partial charge in [-0.1, -0.05) is 0 Å². The van der Waals surface area contributed by atoms with Gasteiger partial charge in [-0.05, 0) is 51.2 Å². The van der Waals surface area contributed by atoms with Crippen LogP contribution in [0.5, 0.6) is 5.75 Å². The third kappa shape index (κ3) is 2.98. The number of phenolic OH excluding ortho intramolecular Hbond substituents is 1. The highest BCUT2D eigenvalue weighted by Gasteiger charge is 2.20. The fourth-order valence-corrected chi connectivity index (χ4v) is 2.11. The van der Waals surface area contributed by atoms with Crippen molar-refractivity contribution in [1.82, 2.24) is 10.2 Å². The molecule has 1 aliphatic heterocycles. The lowest BCUT2D eigenvalue weighted by molar-refractivity contribution is 0.0913. The normalized spacial score (nSPS) is 17.7. The predicted octanol–water partition coefficient (Wildman–Crippen LogP) is 1.36. The van der Waals surface area contributed by atoms with Crippen LogP contribution >= 0.6 is 0 Å². The highest BCUT2D eigenvalue weighted by atomic mass is 19.1. The van der Waals surface area contributed by atoms with E-state index >= 15 is 0 Å². The van der Waals surface area contributed by atoms with Crippen LogP contribution < -0.4 is 5.32 Å². The molecule has 1 aliphatic rings. The number of carbonyl (C=O) groups is 1. The number of nitrogens with one attached hydrogen (secondary N) is 1. The number of hydrogen-bond acceptors (Lipinski definition) is 3. The molecule has 1 fully saturated rings. The number of rotatable bonds is 2. The molecule has 2 rings (SSSR count). The van der Waals surface area contributed by atoms with Gasteiger partial charge in [0.1, 0.15) is 11.6 Å². The number of carbonyl (C=O) groups excluding carboxylic acids is 1. The molecule has 0 spiro atoms. The molecule has 1 saturated heterocycles. The molecule has 0 unspecified atom stereocenters. The van der Waals surface area contributed by atoms with Gasteiger partial charge in [-0.2, -0.15) is 0 Å². The average molecular weight is 252 g/mol. The van der Waals surface area contributed by atoms with Crippen molar-refractivity contribution in [3.05, 3.63) is 29.6 Å². The fourth-order valence-electron chi connectivity index (χ4n) is 2.11. The molecule has 1 aromatic rings. The quantitative estimate of drug-likeness (QED) is 0.835. The Morgan fingerprint density at radius 2 is 2.11 bits per heavy atom. The Labute approximate surface area is 105 Å². The van der Waals surface area contributed by atoms with Crippen molar-refractivity contribution in [3.63, 3.8) is 0 Å². The topological polar surface area (TPSA) is 52.6 Å². The lowest BCUT2D eigenvalue weighted by atomic mass is 10.0. The maximum absolute atomic E-state index is 13.0. The van der Waals surface area contributed by atoms with Crippen LogP contribution in [0.4, 0.5) is 4.39 Å². The predicted molar refractivity (Wildman–Crippen MR) is 66.1 cm³/mol. The zero-order valence-electron chi connectivity index (χ0n) is 10.3. The first-order valence-electron chi connectivity index (χ1n) is 6.04. The lowest BCUT2D eigenvalue weighted by Crippen LogP contribution is -2.43. The first-order chi connectivity index (χ1) is 8.56. The minimum Gasteiger partial charge on any atom is -0.507 e. The number of aromatic hydroxyl groups is 1. The molecule has 4 nitrogen and oxygen atoms in total. The van der Waals surface area contributed by atoms with E-state index in [1.165, 1.54) is 6.07 Å². The summed E-state index contributed by atoms with van der Waals surface area (Å²) in [4.78, 5) is 14.1. The van der Waals surface area contributed by atoms with E-state index < -0.39 is 11.7 Å². The second-order valence-corrected chi connectivity index (χ2v) is 4.71. The number of piperidine rings is 1. The van der Waals surface area contributed by atoms with Gasteiger partial charge >= 0.3 is 0 Å². The van der Waals surface area contributed by atoms with Gasteiger partial charge in [0.15, 0.2) is 0 Å². The second kappa shape index (κ2) is 5.35. The van der Waals surface area contributed by atoms with Crippen molar-refractivity contribution in [1.29, 1.82) is 0 Å². The van der Waals surface area contributed by atoms with Crippen molar-refractivity contribution in [2.45, 2.75) is 18.9 Å². The van der Waals surface area contributed by atoms with Crippen LogP contribution in [0.1, 0.15) is 23.2 Å². The Hall–Kier alpha value is -1.62. The standard InChI is InChI=1S/C13H17FN2O2/c1-16-6-4-10(5-7-16)15-13(18)11-8-9(14)2-3-12(11)17/h2-3,8,10,17H,4-7H2,1H3,(H,15,18). The Morgan fingerprint density at radius 1 is 1.44 bits per heavy atom. The van der Waals surface area contributed by atoms with Crippen molar-refractivity contribution >= 4 is 5.91 Å². The van der Waals surface area contributed by atoms with Gasteiger partial charge < -0.3 is 15.3 Å². The third-order valence-corrected chi connectivity index (χ3v) is 3.26. The maximum atomic E-state index is 13.0. The average Bonchev–Trinajstić information content (AvgIpc) is 2.35. The van der Waals surface area contributed by atoms with E-state index in [0.717, 1.165) is 38.1 Å². The number of nitrogens with zero attached hydrogens (tertiary/aromatic N) is 1. The minimum atomic E-state index is -0.527. The molecular formula is C13H17FN2O2. The molecule has 18 heavy (non-hydrogen) atoms. The highest BCUT2D eigenvalue weighted by molar-refractivity contribution is 5.96. The molecule has 0 aromatic heterocycles. The number of phenols is 1. The zero-order valence-corrected chi connectivity index (χ0v) is 10.3. The summed E-state index contributed by atoms with van der Waals surface area (Å²) in [6.45, 7) is 1.86. The monoisotopic (exact) mass is 252 g/mol. The summed E-state index contributed by atoms with van der Waals surface area (Å²) in [6, 6.07) is 3.47. The minimum absolute atomic E-state index is 0.00562. The molecule has 2 N–H and O–H groups in total. The maximum Gasteiger partial charge on any atom is 0.255 e. The zero-order chi connectivity index (χ0) is 13.1. The van der Waals surface area contributed by atoms with Crippen molar-refractivity contribution in [2.24, 2.45) is 0 Å². The summed E-state index contributed by atoms with van der Waals surface area (Å²) in [5.74, 6) is -1.13. The van der Waals surface area contributed by atoms with E-state index in [0.29, 0.717) is 0 Å². The van der Waals surface area contributed by atoms with Gasteiger partial charge in [0.05, 0.1) is 5.56 Å². The lowest BCUT2D eigenvalue weighted by Gasteiger charge is -2.29. The summed E-state index contributed by atoms with van der Waals surface area (Å²) in [5.41, 5.74) is -0.00562. The summed E-state index contributed by atoms with van der Waals surface area (Å²) < 4.78 is 13.0. The van der Waals surface area contributed by atoms with Crippen LogP contribution in [0.2, 0.25) is 0 Å². The van der Waals surface area contributed by atoms with E-state index in [-0.39, 0.29) is 17.4 Å². The van der Waals surface area contributed by atoms with E-state index in [2.05, 4.69) is 10.2 Å². The summed E-state index contributed by atoms with van der Waals surface area (Å²) >= 11 is 0. The van der Waals surface area contributed by atoms with Gasteiger partial charge in [-0.15, -0.1) is 0 Å². The molecule has 0 bridgehead atoms. The second-order valence-electron chi connectivity index (χ2n) is 4.71. The van der Waals surface area contributed by atoms with Crippen LogP contribution in [-0.4, -0.2) is 42.1 Å². The number of amides is 1. The molecule has 0 saturated carbocycles. The van der Waals surface area contributed by atoms with E-state index in [4.69, 9.17) is 0 Å². The largest absolute Gasteiger partial charge is 0.507 e. The van der Waals surface area contributed by atoms with Gasteiger partial charge in [-0.3, -0.25) is 4.79 Å². The van der Waals surface area contributed by atoms with Crippen LogP contribution in [0.15, 0.2) is 18.2 Å². The smallest absolute Gasteiger partial charge is 0.255 e. The third-order valence-electron chi connectivity index (χ3n) is 3.26. The molecule has 0 radical (unpaired) electrons. The number of halogens is 1. The molecule has 98 valence electrons. The number of likely N-dealkylation sites (tertiary alicyclic amines) is 1. The molecule has 0 aliphatic carbocycles. The summed E-state index contributed by atoms with van der Waals surface area (Å²) in [6.07, 6.45) is 1.75. The highest BCUT2D eigenvalue weighted by Crippen LogP contribution is 2.18. The molecule has 1 amide bonds. The molecular weight excluding hydrogens is 235 g/mol. The van der Waals surface area contributed by atoms with Crippen molar-refractivity contribution in [3.8, 4) is 5.75 Å². The summed E-state index contributed by atoms with van der Waals surface area (Å²) in [7, 11) is 2.04. The van der Waals surface area contributed by atoms with Crippen LogP contribution in [-0.2, 0) is 0 Å². The Balaban J connectivity index is 2.01.